The highest BCUT2D eigenvalue weighted by Crippen LogP contribution is 2.24. The molecule has 0 heterocycles. The highest BCUT2D eigenvalue weighted by atomic mass is 19.4. The molecule has 0 radical (unpaired) electrons. The molecule has 118 valence electrons. The van der Waals surface area contributed by atoms with Gasteiger partial charge in [-0.3, -0.25) is 4.90 Å². The van der Waals surface area contributed by atoms with E-state index in [4.69, 9.17) is 5.73 Å². The number of nitrogens with zero attached hydrogens (tertiary/aromatic N) is 1. The fraction of sp³-hybridized carbons (Fsp3) is 0.500. The molecule has 21 heavy (non-hydrogen) atoms. The van der Waals surface area contributed by atoms with E-state index in [9.17, 15) is 18.0 Å². The molecule has 0 aliphatic rings. The molecule has 1 atom stereocenters. The minimum absolute atomic E-state index is 0.113. The van der Waals surface area contributed by atoms with Crippen LogP contribution in [0.25, 0.3) is 0 Å². The number of nitrogens with two attached hydrogens (primary N) is 1. The number of ether oxygens (including phenoxy) is 1. The van der Waals surface area contributed by atoms with Crippen LogP contribution in [0.4, 0.5) is 13.2 Å². The quantitative estimate of drug-likeness (QED) is 0.816. The van der Waals surface area contributed by atoms with Gasteiger partial charge in [-0.1, -0.05) is 37.3 Å². The van der Waals surface area contributed by atoms with Crippen molar-refractivity contribution in [3.05, 3.63) is 35.9 Å². The van der Waals surface area contributed by atoms with Crippen molar-refractivity contribution in [1.29, 1.82) is 0 Å². The molecule has 0 amide bonds. The topological polar surface area (TPSA) is 55.6 Å². The highest BCUT2D eigenvalue weighted by molar-refractivity contribution is 5.82. The molecular weight excluding hydrogens is 285 g/mol. The Balaban J connectivity index is 3.06. The number of alkyl halides is 3. The van der Waals surface area contributed by atoms with Gasteiger partial charge in [0.1, 0.15) is 0 Å². The lowest BCUT2D eigenvalue weighted by molar-refractivity contribution is -0.157. The zero-order chi connectivity index (χ0) is 16.1. The Labute approximate surface area is 121 Å². The molecule has 0 aromatic heterocycles. The van der Waals surface area contributed by atoms with E-state index in [0.29, 0.717) is 5.56 Å². The summed E-state index contributed by atoms with van der Waals surface area (Å²) in [5.74, 6) is -0.769. The lowest BCUT2D eigenvalue weighted by Crippen LogP contribution is -2.55. The van der Waals surface area contributed by atoms with Crippen LogP contribution < -0.4 is 5.73 Å². The average Bonchev–Trinajstić information content (AvgIpc) is 2.44. The van der Waals surface area contributed by atoms with Gasteiger partial charge in [0.05, 0.1) is 13.7 Å². The average molecular weight is 304 g/mol. The van der Waals surface area contributed by atoms with Gasteiger partial charge in [0.15, 0.2) is 5.54 Å². The molecule has 0 saturated carbocycles. The van der Waals surface area contributed by atoms with E-state index >= 15 is 0 Å². The summed E-state index contributed by atoms with van der Waals surface area (Å²) in [4.78, 5) is 13.1. The number of carbonyl (C=O) groups excluding carboxylic acids is 1. The SMILES string of the molecule is CCN(CC(F)(F)F)CC(N)(C(=O)OC)c1ccccc1. The van der Waals surface area contributed by atoms with Gasteiger partial charge >= 0.3 is 12.1 Å². The van der Waals surface area contributed by atoms with E-state index < -0.39 is 24.2 Å². The molecule has 0 fully saturated rings. The van der Waals surface area contributed by atoms with Crippen molar-refractivity contribution in [3.8, 4) is 0 Å². The van der Waals surface area contributed by atoms with Gasteiger partial charge in [-0.15, -0.1) is 0 Å². The van der Waals surface area contributed by atoms with Crippen LogP contribution in [0.2, 0.25) is 0 Å². The van der Waals surface area contributed by atoms with Crippen molar-refractivity contribution in [1.82, 2.24) is 4.90 Å². The number of hydrogen-bond acceptors (Lipinski definition) is 4. The molecule has 1 aromatic carbocycles. The van der Waals surface area contributed by atoms with Gasteiger partial charge in [0.2, 0.25) is 0 Å². The maximum Gasteiger partial charge on any atom is 0.401 e. The smallest absolute Gasteiger partial charge is 0.401 e. The number of halogens is 3. The molecule has 1 rings (SSSR count). The summed E-state index contributed by atoms with van der Waals surface area (Å²) in [5.41, 5.74) is 4.86. The first-order valence-corrected chi connectivity index (χ1v) is 6.45. The summed E-state index contributed by atoms with van der Waals surface area (Å²) >= 11 is 0. The summed E-state index contributed by atoms with van der Waals surface area (Å²) in [6, 6.07) is 8.26. The Morgan fingerprint density at radius 3 is 2.24 bits per heavy atom. The Hall–Kier alpha value is -1.60. The zero-order valence-corrected chi connectivity index (χ0v) is 12.0. The number of likely N-dealkylation sites (N-methyl/N-ethyl adjacent to an activating group) is 1. The van der Waals surface area contributed by atoms with E-state index in [1.165, 1.54) is 0 Å². The van der Waals surface area contributed by atoms with Gasteiger partial charge in [-0.2, -0.15) is 13.2 Å². The molecule has 2 N–H and O–H groups in total. The third-order valence-corrected chi connectivity index (χ3v) is 3.16. The van der Waals surface area contributed by atoms with E-state index in [1.807, 2.05) is 0 Å². The standard InChI is InChI=1S/C14H19F3N2O2/c1-3-19(10-14(15,16)17)9-13(18,12(20)21-2)11-7-5-4-6-8-11/h4-8H,3,9-10,18H2,1-2H3. The summed E-state index contributed by atoms with van der Waals surface area (Å²) in [6.45, 7) is 0.280. The van der Waals surface area contributed by atoms with Crippen molar-refractivity contribution in [2.24, 2.45) is 5.73 Å². The Bertz CT molecular complexity index is 465. The van der Waals surface area contributed by atoms with Crippen molar-refractivity contribution >= 4 is 5.97 Å². The number of methoxy groups -OCH3 is 1. The number of hydrogen-bond donors (Lipinski definition) is 1. The van der Waals surface area contributed by atoms with Gasteiger partial charge in [0.25, 0.3) is 0 Å². The molecule has 0 saturated heterocycles. The van der Waals surface area contributed by atoms with E-state index in [1.54, 1.807) is 37.3 Å². The predicted octanol–water partition coefficient (Wildman–Crippen LogP) is 1.90. The molecule has 1 unspecified atom stereocenters. The fourth-order valence-electron chi connectivity index (χ4n) is 2.08. The minimum Gasteiger partial charge on any atom is -0.467 e. The zero-order valence-electron chi connectivity index (χ0n) is 12.0. The first-order valence-electron chi connectivity index (χ1n) is 6.45. The summed E-state index contributed by atoms with van der Waals surface area (Å²) in [7, 11) is 1.16. The first-order chi connectivity index (χ1) is 9.73. The third-order valence-electron chi connectivity index (χ3n) is 3.16. The molecule has 4 nitrogen and oxygen atoms in total. The Kier molecular flexibility index (Phi) is 5.74. The monoisotopic (exact) mass is 304 g/mol. The molecule has 0 aliphatic heterocycles. The third kappa shape index (κ3) is 4.71. The summed E-state index contributed by atoms with van der Waals surface area (Å²) in [6.07, 6.45) is -4.36. The normalized spacial score (nSPS) is 14.8. The second-order valence-corrected chi connectivity index (χ2v) is 4.75. The molecule has 1 aromatic rings. The van der Waals surface area contributed by atoms with Crippen LogP contribution in [0.3, 0.4) is 0 Å². The molecule has 7 heteroatoms. The van der Waals surface area contributed by atoms with E-state index in [0.717, 1.165) is 12.0 Å². The van der Waals surface area contributed by atoms with Crippen LogP contribution in [0.15, 0.2) is 30.3 Å². The van der Waals surface area contributed by atoms with Crippen molar-refractivity contribution < 1.29 is 22.7 Å². The minimum atomic E-state index is -4.36. The first kappa shape index (κ1) is 17.5. The number of benzene rings is 1. The van der Waals surface area contributed by atoms with Crippen LogP contribution >= 0.6 is 0 Å². The number of carbonyl (C=O) groups is 1. The largest absolute Gasteiger partial charge is 0.467 e. The maximum absolute atomic E-state index is 12.6. The number of rotatable bonds is 6. The molecule has 0 bridgehead atoms. The van der Waals surface area contributed by atoms with Gasteiger partial charge < -0.3 is 10.5 Å². The Morgan fingerprint density at radius 2 is 1.81 bits per heavy atom. The van der Waals surface area contributed by atoms with Gasteiger partial charge in [0, 0.05) is 6.54 Å². The maximum atomic E-state index is 12.6. The van der Waals surface area contributed by atoms with Crippen LogP contribution in [-0.4, -0.2) is 43.8 Å². The van der Waals surface area contributed by atoms with Gasteiger partial charge in [-0.05, 0) is 12.1 Å². The molecule has 0 aliphatic carbocycles. The van der Waals surface area contributed by atoms with Gasteiger partial charge in [-0.25, -0.2) is 4.79 Å². The van der Waals surface area contributed by atoms with Crippen LogP contribution in [0.5, 0.6) is 0 Å². The summed E-state index contributed by atoms with van der Waals surface area (Å²) in [5, 5.41) is 0. The van der Waals surface area contributed by atoms with E-state index in [-0.39, 0.29) is 13.1 Å². The fourth-order valence-corrected chi connectivity index (χ4v) is 2.08. The highest BCUT2D eigenvalue weighted by Gasteiger charge is 2.41. The van der Waals surface area contributed by atoms with Crippen molar-refractivity contribution in [2.75, 3.05) is 26.7 Å². The number of esters is 1. The van der Waals surface area contributed by atoms with Crippen LogP contribution in [-0.2, 0) is 15.1 Å². The van der Waals surface area contributed by atoms with Crippen LogP contribution in [0.1, 0.15) is 12.5 Å². The second-order valence-electron chi connectivity index (χ2n) is 4.75. The summed E-state index contributed by atoms with van der Waals surface area (Å²) < 4.78 is 42.3. The molecular formula is C14H19F3N2O2. The van der Waals surface area contributed by atoms with E-state index in [2.05, 4.69) is 4.74 Å². The lowest BCUT2D eigenvalue weighted by atomic mass is 9.90. The lowest BCUT2D eigenvalue weighted by Gasteiger charge is -2.33. The van der Waals surface area contributed by atoms with Crippen molar-refractivity contribution in [2.45, 2.75) is 18.6 Å². The Morgan fingerprint density at radius 1 is 1.24 bits per heavy atom. The molecule has 0 spiro atoms. The predicted molar refractivity (Wildman–Crippen MR) is 72.5 cm³/mol. The van der Waals surface area contributed by atoms with Crippen LogP contribution in [0, 0.1) is 0 Å². The second kappa shape index (κ2) is 6.91. The van der Waals surface area contributed by atoms with Crippen molar-refractivity contribution in [3.63, 3.8) is 0 Å².